The molecule has 0 saturated heterocycles. The average Bonchev–Trinajstić information content (AvgIpc) is 3.31. The van der Waals surface area contributed by atoms with Gasteiger partial charge in [0, 0.05) is 17.3 Å². The van der Waals surface area contributed by atoms with Gasteiger partial charge < -0.3 is 20.8 Å². The number of nitrogens with two attached hydrogens (primary N) is 1. The Morgan fingerprint density at radius 3 is 2.70 bits per heavy atom. The summed E-state index contributed by atoms with van der Waals surface area (Å²) in [5.74, 6) is 0.826. The zero-order valence-corrected chi connectivity index (χ0v) is 20.3. The SMILES string of the molecule is Cc1cccc(-c2nc(CNc3ccccc3F)[nH]c2-c2ccc3ncc(O[C@H]4C[C@H](N)C4)nc3c2)n1. The summed E-state index contributed by atoms with van der Waals surface area (Å²) in [4.78, 5) is 22.1. The average molecular weight is 496 g/mol. The van der Waals surface area contributed by atoms with Crippen LogP contribution in [-0.4, -0.2) is 37.1 Å². The predicted molar refractivity (Wildman–Crippen MR) is 140 cm³/mol. The van der Waals surface area contributed by atoms with Crippen LogP contribution in [0.15, 0.2) is 66.9 Å². The molecule has 186 valence electrons. The second-order valence-corrected chi connectivity index (χ2v) is 9.29. The quantitative estimate of drug-likeness (QED) is 0.291. The molecule has 5 aromatic rings. The van der Waals surface area contributed by atoms with Crippen LogP contribution in [-0.2, 0) is 6.54 Å². The summed E-state index contributed by atoms with van der Waals surface area (Å²) >= 11 is 0. The van der Waals surface area contributed by atoms with Crippen molar-refractivity contribution >= 4 is 16.7 Å². The zero-order chi connectivity index (χ0) is 25.4. The Hall–Kier alpha value is -4.37. The number of nitrogens with zero attached hydrogens (tertiary/aromatic N) is 4. The molecule has 3 heterocycles. The molecule has 3 aromatic heterocycles. The van der Waals surface area contributed by atoms with Crippen LogP contribution in [0, 0.1) is 12.7 Å². The summed E-state index contributed by atoms with van der Waals surface area (Å²) < 4.78 is 20.1. The number of hydrogen-bond acceptors (Lipinski definition) is 7. The number of imidazole rings is 1. The van der Waals surface area contributed by atoms with Crippen molar-refractivity contribution in [2.45, 2.75) is 38.5 Å². The van der Waals surface area contributed by atoms with Gasteiger partial charge in [-0.25, -0.2) is 19.3 Å². The molecule has 37 heavy (non-hydrogen) atoms. The number of rotatable bonds is 7. The van der Waals surface area contributed by atoms with Crippen LogP contribution >= 0.6 is 0 Å². The second-order valence-electron chi connectivity index (χ2n) is 9.29. The maximum absolute atomic E-state index is 14.1. The topological polar surface area (TPSA) is 115 Å². The van der Waals surface area contributed by atoms with E-state index in [1.807, 2.05) is 43.3 Å². The lowest BCUT2D eigenvalue weighted by Crippen LogP contribution is -2.43. The number of hydrogen-bond donors (Lipinski definition) is 3. The lowest BCUT2D eigenvalue weighted by Gasteiger charge is -2.31. The first kappa shape index (κ1) is 23.1. The number of fused-ring (bicyclic) bond motifs is 1. The number of aryl methyl sites for hydroxylation is 1. The normalized spacial score (nSPS) is 16.9. The fourth-order valence-electron chi connectivity index (χ4n) is 4.44. The van der Waals surface area contributed by atoms with E-state index in [1.165, 1.54) is 6.07 Å². The minimum atomic E-state index is -0.315. The van der Waals surface area contributed by atoms with E-state index in [4.69, 9.17) is 15.5 Å². The summed E-state index contributed by atoms with van der Waals surface area (Å²) in [6.07, 6.45) is 3.38. The molecule has 6 rings (SSSR count). The summed E-state index contributed by atoms with van der Waals surface area (Å²) in [5, 5.41) is 3.12. The van der Waals surface area contributed by atoms with Gasteiger partial charge in [0.2, 0.25) is 5.88 Å². The Kier molecular flexibility index (Phi) is 5.97. The maximum Gasteiger partial charge on any atom is 0.233 e. The van der Waals surface area contributed by atoms with Crippen LogP contribution in [0.25, 0.3) is 33.7 Å². The Morgan fingerprint density at radius 1 is 1.03 bits per heavy atom. The van der Waals surface area contributed by atoms with Crippen LogP contribution in [0.3, 0.4) is 0 Å². The van der Waals surface area contributed by atoms with Crippen molar-refractivity contribution in [2.75, 3.05) is 5.32 Å². The second kappa shape index (κ2) is 9.59. The van der Waals surface area contributed by atoms with Gasteiger partial charge in [-0.2, -0.15) is 0 Å². The Labute approximate surface area is 213 Å². The lowest BCUT2D eigenvalue weighted by molar-refractivity contribution is 0.0958. The van der Waals surface area contributed by atoms with Gasteiger partial charge >= 0.3 is 0 Å². The molecule has 0 amide bonds. The van der Waals surface area contributed by atoms with Crippen molar-refractivity contribution in [2.24, 2.45) is 5.73 Å². The van der Waals surface area contributed by atoms with Crippen LogP contribution in [0.5, 0.6) is 5.88 Å². The van der Waals surface area contributed by atoms with E-state index in [-0.39, 0.29) is 18.0 Å². The first-order valence-electron chi connectivity index (χ1n) is 12.2. The van der Waals surface area contributed by atoms with E-state index in [9.17, 15) is 4.39 Å². The molecule has 9 heteroatoms. The summed E-state index contributed by atoms with van der Waals surface area (Å²) in [6.45, 7) is 2.26. The minimum Gasteiger partial charge on any atom is -0.473 e. The van der Waals surface area contributed by atoms with E-state index in [0.717, 1.165) is 41.0 Å². The maximum atomic E-state index is 14.1. The molecule has 0 atom stereocenters. The van der Waals surface area contributed by atoms with Gasteiger partial charge in [-0.3, -0.25) is 4.98 Å². The van der Waals surface area contributed by atoms with Crippen LogP contribution in [0.2, 0.25) is 0 Å². The highest BCUT2D eigenvalue weighted by Crippen LogP contribution is 2.32. The lowest BCUT2D eigenvalue weighted by atomic mass is 9.90. The van der Waals surface area contributed by atoms with Gasteiger partial charge in [0.15, 0.2) is 0 Å². The molecule has 0 aliphatic heterocycles. The molecule has 0 spiro atoms. The fraction of sp³-hybridized carbons (Fsp3) is 0.214. The van der Waals surface area contributed by atoms with Crippen molar-refractivity contribution in [3.63, 3.8) is 0 Å². The molecule has 0 bridgehead atoms. The van der Waals surface area contributed by atoms with Crippen molar-refractivity contribution in [1.29, 1.82) is 0 Å². The zero-order valence-electron chi connectivity index (χ0n) is 20.3. The molecule has 1 saturated carbocycles. The molecule has 2 aromatic carbocycles. The number of anilines is 1. The smallest absolute Gasteiger partial charge is 0.233 e. The third kappa shape index (κ3) is 4.85. The van der Waals surface area contributed by atoms with Crippen LogP contribution < -0.4 is 15.8 Å². The van der Waals surface area contributed by atoms with Gasteiger partial charge in [0.1, 0.15) is 23.4 Å². The number of para-hydroxylation sites is 1. The predicted octanol–water partition coefficient (Wildman–Crippen LogP) is 5.01. The van der Waals surface area contributed by atoms with Crippen LogP contribution in [0.4, 0.5) is 10.1 Å². The summed E-state index contributed by atoms with van der Waals surface area (Å²) in [6, 6.07) is 18.4. The first-order chi connectivity index (χ1) is 18.0. The molecule has 1 aliphatic carbocycles. The van der Waals surface area contributed by atoms with Gasteiger partial charge in [0.05, 0.1) is 40.9 Å². The number of nitrogens with one attached hydrogen (secondary N) is 2. The molecule has 4 N–H and O–H groups in total. The van der Waals surface area contributed by atoms with Gasteiger partial charge in [-0.15, -0.1) is 0 Å². The number of aromatic nitrogens is 5. The number of H-pyrrole nitrogens is 1. The van der Waals surface area contributed by atoms with E-state index in [1.54, 1.807) is 24.4 Å². The van der Waals surface area contributed by atoms with Crippen molar-refractivity contribution in [3.8, 4) is 28.5 Å². The highest BCUT2D eigenvalue weighted by molar-refractivity contribution is 5.85. The molecule has 1 aliphatic rings. The van der Waals surface area contributed by atoms with E-state index < -0.39 is 0 Å². The van der Waals surface area contributed by atoms with Crippen molar-refractivity contribution in [1.82, 2.24) is 24.9 Å². The highest BCUT2D eigenvalue weighted by Gasteiger charge is 2.28. The third-order valence-electron chi connectivity index (χ3n) is 6.43. The standard InChI is InChI=1S/C28H26FN7O/c1-16-5-4-8-23(33-16)28-27(35-25(36-28)14-31-21-7-3-2-6-20(21)29)17-9-10-22-24(11-17)34-26(15-32-22)37-19-12-18(30)13-19/h2-11,15,18-19,31H,12-14,30H2,1H3,(H,35,36)/t18-,19-. The van der Waals surface area contributed by atoms with Crippen molar-refractivity contribution < 1.29 is 9.13 Å². The Bertz CT molecular complexity index is 1580. The molecule has 0 unspecified atom stereocenters. The largest absolute Gasteiger partial charge is 0.473 e. The van der Waals surface area contributed by atoms with E-state index in [2.05, 4.69) is 25.3 Å². The Balaban J connectivity index is 1.36. The molecule has 0 radical (unpaired) electrons. The number of pyridine rings is 1. The monoisotopic (exact) mass is 495 g/mol. The first-order valence-corrected chi connectivity index (χ1v) is 12.2. The summed E-state index contributed by atoms with van der Waals surface area (Å²) in [7, 11) is 0. The molecular weight excluding hydrogens is 469 g/mol. The third-order valence-corrected chi connectivity index (χ3v) is 6.43. The molecule has 8 nitrogen and oxygen atoms in total. The van der Waals surface area contributed by atoms with Gasteiger partial charge in [0.25, 0.3) is 0 Å². The number of benzene rings is 2. The van der Waals surface area contributed by atoms with Gasteiger partial charge in [-0.05, 0) is 56.2 Å². The number of aromatic amines is 1. The molecular formula is C28H26FN7O. The highest BCUT2D eigenvalue weighted by atomic mass is 19.1. The van der Waals surface area contributed by atoms with E-state index >= 15 is 0 Å². The van der Waals surface area contributed by atoms with Crippen LogP contribution in [0.1, 0.15) is 24.4 Å². The molecule has 1 fully saturated rings. The van der Waals surface area contributed by atoms with E-state index in [0.29, 0.717) is 35.1 Å². The fourth-order valence-corrected chi connectivity index (χ4v) is 4.44. The Morgan fingerprint density at radius 2 is 1.89 bits per heavy atom. The van der Waals surface area contributed by atoms with Gasteiger partial charge in [-0.1, -0.05) is 24.3 Å². The van der Waals surface area contributed by atoms with Crippen molar-refractivity contribution in [3.05, 3.63) is 84.2 Å². The summed E-state index contributed by atoms with van der Waals surface area (Å²) in [5.41, 5.74) is 11.8. The minimum absolute atomic E-state index is 0.0843. The number of halogens is 1. The number of ether oxygens (including phenoxy) is 1.